The van der Waals surface area contributed by atoms with E-state index in [0.717, 1.165) is 5.56 Å². The van der Waals surface area contributed by atoms with E-state index < -0.39 is 23.0 Å². The van der Waals surface area contributed by atoms with Crippen molar-refractivity contribution in [1.82, 2.24) is 5.32 Å². The molecule has 0 radical (unpaired) electrons. The van der Waals surface area contributed by atoms with Crippen LogP contribution in [0, 0.1) is 0 Å². The maximum Gasteiger partial charge on any atom is 0.218 e. The van der Waals surface area contributed by atoms with Crippen molar-refractivity contribution < 1.29 is 14.4 Å². The van der Waals surface area contributed by atoms with Gasteiger partial charge in [0, 0.05) is 18.2 Å². The molecule has 0 spiro atoms. The van der Waals surface area contributed by atoms with Crippen LogP contribution >= 0.6 is 0 Å². The molecule has 1 aliphatic rings. The molecule has 1 atom stereocenters. The van der Waals surface area contributed by atoms with Gasteiger partial charge in [-0.15, -0.1) is 0 Å². The van der Waals surface area contributed by atoms with E-state index in [2.05, 4.69) is 19.2 Å². The van der Waals surface area contributed by atoms with Gasteiger partial charge in [0.05, 0.1) is 5.56 Å². The number of benzene rings is 2. The van der Waals surface area contributed by atoms with Crippen LogP contribution < -0.4 is 11.1 Å². The number of carbonyl (C=O) groups is 3. The third-order valence-electron chi connectivity index (χ3n) is 4.62. The van der Waals surface area contributed by atoms with Gasteiger partial charge < -0.3 is 11.1 Å². The third-order valence-corrected chi connectivity index (χ3v) is 4.62. The van der Waals surface area contributed by atoms with Gasteiger partial charge in [-0.05, 0) is 23.1 Å². The molecular formula is C20H20N2O3. The van der Waals surface area contributed by atoms with Crippen molar-refractivity contribution in [3.63, 3.8) is 0 Å². The number of fused-ring (bicyclic) bond motifs is 1. The molecule has 3 N–H and O–H groups in total. The molecule has 25 heavy (non-hydrogen) atoms. The minimum Gasteiger partial charge on any atom is -0.398 e. The van der Waals surface area contributed by atoms with Gasteiger partial charge in [0.2, 0.25) is 17.5 Å². The number of Topliss-reactive ketones (excluding diaryl/α,β-unsaturated/α-hetero) is 2. The first kappa shape index (κ1) is 16.9. The number of ketones is 2. The number of anilines is 1. The molecule has 1 amide bonds. The van der Waals surface area contributed by atoms with Crippen molar-refractivity contribution in [2.45, 2.75) is 32.2 Å². The molecule has 2 aromatic rings. The first-order valence-electron chi connectivity index (χ1n) is 8.16. The van der Waals surface area contributed by atoms with Gasteiger partial charge in [-0.3, -0.25) is 14.4 Å². The Kier molecular flexibility index (Phi) is 3.95. The van der Waals surface area contributed by atoms with Crippen molar-refractivity contribution in [2.75, 3.05) is 5.73 Å². The lowest BCUT2D eigenvalue weighted by atomic mass is 9.83. The summed E-state index contributed by atoms with van der Waals surface area (Å²) in [6.07, 6.45) is 0. The number of hydrogen-bond donors (Lipinski definition) is 2. The summed E-state index contributed by atoms with van der Waals surface area (Å²) >= 11 is 0. The zero-order valence-corrected chi connectivity index (χ0v) is 14.4. The van der Waals surface area contributed by atoms with E-state index in [-0.39, 0.29) is 16.8 Å². The van der Waals surface area contributed by atoms with Crippen molar-refractivity contribution in [2.24, 2.45) is 0 Å². The smallest absolute Gasteiger partial charge is 0.218 e. The maximum atomic E-state index is 13.2. The fourth-order valence-corrected chi connectivity index (χ4v) is 3.34. The summed E-state index contributed by atoms with van der Waals surface area (Å²) in [5.41, 5.74) is 6.36. The second-order valence-corrected chi connectivity index (χ2v) is 6.64. The summed E-state index contributed by atoms with van der Waals surface area (Å²) in [5, 5.41) is 2.60. The van der Waals surface area contributed by atoms with Crippen LogP contribution in [-0.4, -0.2) is 17.5 Å². The van der Waals surface area contributed by atoms with Crippen molar-refractivity contribution in [1.29, 1.82) is 0 Å². The molecule has 5 nitrogen and oxygen atoms in total. The monoisotopic (exact) mass is 336 g/mol. The number of carbonyl (C=O) groups excluding carboxylic acids is 3. The zero-order chi connectivity index (χ0) is 18.4. The Morgan fingerprint density at radius 3 is 2.20 bits per heavy atom. The van der Waals surface area contributed by atoms with Gasteiger partial charge in [-0.1, -0.05) is 50.2 Å². The molecule has 0 saturated carbocycles. The van der Waals surface area contributed by atoms with Crippen LogP contribution in [0.15, 0.2) is 42.5 Å². The van der Waals surface area contributed by atoms with Crippen molar-refractivity contribution in [3.8, 4) is 0 Å². The Bertz CT molecular complexity index is 884. The lowest BCUT2D eigenvalue weighted by Crippen LogP contribution is -2.53. The summed E-state index contributed by atoms with van der Waals surface area (Å²) in [5.74, 6) is -1.08. The third kappa shape index (κ3) is 2.43. The number of hydrogen-bond acceptors (Lipinski definition) is 4. The molecule has 0 fully saturated rings. The molecule has 0 heterocycles. The minimum absolute atomic E-state index is 0.175. The average Bonchev–Trinajstić information content (AvgIpc) is 2.78. The van der Waals surface area contributed by atoms with Crippen LogP contribution in [-0.2, 0) is 10.3 Å². The number of rotatable bonds is 3. The standard InChI is InChI=1S/C20H20N2O3/c1-11(2)13-7-9-14(10-8-13)20(22-12(3)23)18(24)15-5-4-6-16(21)17(15)19(20)25/h4-11H,21H2,1-3H3,(H,22,23). The Hall–Kier alpha value is -2.95. The fourth-order valence-electron chi connectivity index (χ4n) is 3.34. The number of nitrogens with two attached hydrogens (primary N) is 1. The summed E-state index contributed by atoms with van der Waals surface area (Å²) < 4.78 is 0. The van der Waals surface area contributed by atoms with E-state index in [0.29, 0.717) is 11.5 Å². The molecular weight excluding hydrogens is 316 g/mol. The SMILES string of the molecule is CC(=O)NC1(c2ccc(C(C)C)cc2)C(=O)c2cccc(N)c2C1=O. The van der Waals surface area contributed by atoms with Crippen LogP contribution in [0.5, 0.6) is 0 Å². The minimum atomic E-state index is -1.75. The first-order chi connectivity index (χ1) is 11.8. The summed E-state index contributed by atoms with van der Waals surface area (Å²) in [4.78, 5) is 38.2. The highest BCUT2D eigenvalue weighted by Gasteiger charge is 2.55. The molecule has 128 valence electrons. The van der Waals surface area contributed by atoms with E-state index in [4.69, 9.17) is 5.73 Å². The van der Waals surface area contributed by atoms with Gasteiger partial charge in [-0.25, -0.2) is 0 Å². The van der Waals surface area contributed by atoms with Crippen LogP contribution in [0.2, 0.25) is 0 Å². The quantitative estimate of drug-likeness (QED) is 0.666. The topological polar surface area (TPSA) is 89.3 Å². The van der Waals surface area contributed by atoms with Gasteiger partial charge >= 0.3 is 0 Å². The summed E-state index contributed by atoms with van der Waals surface area (Å²) in [6, 6.07) is 12.0. The molecule has 0 aliphatic heterocycles. The van der Waals surface area contributed by atoms with Crippen LogP contribution in [0.4, 0.5) is 5.69 Å². The lowest BCUT2D eigenvalue weighted by molar-refractivity contribution is -0.120. The van der Waals surface area contributed by atoms with E-state index >= 15 is 0 Å². The number of amides is 1. The van der Waals surface area contributed by atoms with Crippen LogP contribution in [0.25, 0.3) is 0 Å². The molecule has 0 bridgehead atoms. The van der Waals surface area contributed by atoms with Gasteiger partial charge in [-0.2, -0.15) is 0 Å². The normalized spacial score (nSPS) is 19.2. The van der Waals surface area contributed by atoms with Crippen LogP contribution in [0.1, 0.15) is 58.5 Å². The second kappa shape index (κ2) is 5.84. The Balaban J connectivity index is 2.22. The summed E-state index contributed by atoms with van der Waals surface area (Å²) in [6.45, 7) is 5.40. The Labute approximate surface area is 146 Å². The van der Waals surface area contributed by atoms with E-state index in [1.807, 2.05) is 12.1 Å². The van der Waals surface area contributed by atoms with E-state index in [1.54, 1.807) is 30.3 Å². The summed E-state index contributed by atoms with van der Waals surface area (Å²) in [7, 11) is 0. The predicted molar refractivity (Wildman–Crippen MR) is 95.5 cm³/mol. The molecule has 3 rings (SSSR count). The molecule has 1 unspecified atom stereocenters. The fraction of sp³-hybridized carbons (Fsp3) is 0.250. The lowest BCUT2D eigenvalue weighted by Gasteiger charge is -2.27. The van der Waals surface area contributed by atoms with E-state index in [9.17, 15) is 14.4 Å². The molecule has 0 aromatic heterocycles. The highest BCUT2D eigenvalue weighted by molar-refractivity contribution is 6.35. The zero-order valence-electron chi connectivity index (χ0n) is 14.4. The molecule has 5 heteroatoms. The van der Waals surface area contributed by atoms with E-state index in [1.165, 1.54) is 6.92 Å². The number of nitrogens with one attached hydrogen (secondary N) is 1. The number of nitrogen functional groups attached to an aromatic ring is 1. The highest BCUT2D eigenvalue weighted by atomic mass is 16.2. The second-order valence-electron chi connectivity index (χ2n) is 6.64. The average molecular weight is 336 g/mol. The molecule has 2 aromatic carbocycles. The van der Waals surface area contributed by atoms with Gasteiger partial charge in [0.1, 0.15) is 0 Å². The molecule has 0 saturated heterocycles. The Morgan fingerprint density at radius 1 is 1.04 bits per heavy atom. The highest BCUT2D eigenvalue weighted by Crippen LogP contribution is 2.40. The largest absolute Gasteiger partial charge is 0.398 e. The van der Waals surface area contributed by atoms with Crippen molar-refractivity contribution >= 4 is 23.2 Å². The Morgan fingerprint density at radius 2 is 1.68 bits per heavy atom. The molecule has 1 aliphatic carbocycles. The first-order valence-corrected chi connectivity index (χ1v) is 8.16. The van der Waals surface area contributed by atoms with Crippen LogP contribution in [0.3, 0.4) is 0 Å². The predicted octanol–water partition coefficient (Wildman–Crippen LogP) is 2.80. The maximum absolute atomic E-state index is 13.2. The van der Waals surface area contributed by atoms with Gasteiger partial charge in [0.15, 0.2) is 5.54 Å². The van der Waals surface area contributed by atoms with Crippen molar-refractivity contribution in [3.05, 3.63) is 64.7 Å². The van der Waals surface area contributed by atoms with Gasteiger partial charge in [0.25, 0.3) is 0 Å².